The minimum Gasteiger partial charge on any atom is -0.479 e. The fourth-order valence-corrected chi connectivity index (χ4v) is 3.93. The fourth-order valence-electron chi connectivity index (χ4n) is 3.93. The molecule has 0 spiro atoms. The Hall–Kier alpha value is -2.94. The van der Waals surface area contributed by atoms with Gasteiger partial charge in [0, 0.05) is 31.1 Å². The van der Waals surface area contributed by atoms with Crippen LogP contribution in [0.5, 0.6) is 0 Å². The van der Waals surface area contributed by atoms with Crippen LogP contribution in [0, 0.1) is 17.8 Å². The van der Waals surface area contributed by atoms with Gasteiger partial charge < -0.3 is 24.1 Å². The SMILES string of the molecule is CC(=O)OCC1C(=O)O/C2=C/[C@]3(C)OC(=CC3=O)[C@@H](C)C[C@H](OC(=O)/C=C(/C)CO)[C@H]21. The number of ketones is 1. The second-order valence-corrected chi connectivity index (χ2v) is 8.28. The average Bonchev–Trinajstić information content (AvgIpc) is 3.15. The number of esters is 3. The highest BCUT2D eigenvalue weighted by atomic mass is 16.6. The Bertz CT molecular complexity index is 897. The van der Waals surface area contributed by atoms with Gasteiger partial charge in [-0.25, -0.2) is 4.79 Å². The third-order valence-corrected chi connectivity index (χ3v) is 5.61. The van der Waals surface area contributed by atoms with Gasteiger partial charge in [-0.05, 0) is 25.8 Å². The molecule has 0 aliphatic carbocycles. The first-order valence-corrected chi connectivity index (χ1v) is 10.1. The normalized spacial score (nSPS) is 34.2. The molecule has 31 heavy (non-hydrogen) atoms. The highest BCUT2D eigenvalue weighted by Crippen LogP contribution is 2.44. The molecule has 9 nitrogen and oxygen atoms in total. The molecule has 9 heteroatoms. The van der Waals surface area contributed by atoms with Crippen molar-refractivity contribution in [2.75, 3.05) is 13.2 Å². The van der Waals surface area contributed by atoms with E-state index in [2.05, 4.69) is 0 Å². The second-order valence-electron chi connectivity index (χ2n) is 8.28. The summed E-state index contributed by atoms with van der Waals surface area (Å²) in [5, 5.41) is 9.17. The molecule has 5 atom stereocenters. The van der Waals surface area contributed by atoms with Gasteiger partial charge in [0.15, 0.2) is 5.60 Å². The third kappa shape index (κ3) is 4.71. The van der Waals surface area contributed by atoms with Crippen molar-refractivity contribution in [1.82, 2.24) is 0 Å². The number of hydrogen-bond acceptors (Lipinski definition) is 9. The van der Waals surface area contributed by atoms with Crippen LogP contribution in [0.4, 0.5) is 0 Å². The zero-order valence-corrected chi connectivity index (χ0v) is 17.9. The zero-order chi connectivity index (χ0) is 22.9. The van der Waals surface area contributed by atoms with Crippen molar-refractivity contribution in [2.45, 2.75) is 45.8 Å². The minimum absolute atomic E-state index is 0.141. The summed E-state index contributed by atoms with van der Waals surface area (Å²) < 4.78 is 22.1. The average molecular weight is 434 g/mol. The Labute approximate surface area is 179 Å². The Morgan fingerprint density at radius 1 is 1.29 bits per heavy atom. The van der Waals surface area contributed by atoms with E-state index in [4.69, 9.17) is 18.9 Å². The van der Waals surface area contributed by atoms with Gasteiger partial charge in [-0.3, -0.25) is 14.4 Å². The van der Waals surface area contributed by atoms with Crippen LogP contribution in [0.3, 0.4) is 0 Å². The standard InChI is InChI=1S/C22H26O9/c1-11(9-23)5-19(26)29-16-6-12(2)15-7-18(25)22(4,31-15)8-17-20(16)14(21(27)30-17)10-28-13(3)24/h5,7-8,12,14,16,20,23H,6,9-10H2,1-4H3/b11-5-,17-8+/t12-,14?,16-,20+,22-/m0/s1. The number of carbonyl (C=O) groups is 4. The Morgan fingerprint density at radius 3 is 2.65 bits per heavy atom. The van der Waals surface area contributed by atoms with Crippen LogP contribution in [0.25, 0.3) is 0 Å². The predicted molar refractivity (Wildman–Crippen MR) is 105 cm³/mol. The van der Waals surface area contributed by atoms with E-state index >= 15 is 0 Å². The van der Waals surface area contributed by atoms with E-state index in [1.165, 1.54) is 25.2 Å². The molecule has 0 saturated carbocycles. The molecule has 3 heterocycles. The largest absolute Gasteiger partial charge is 0.479 e. The molecule has 1 fully saturated rings. The van der Waals surface area contributed by atoms with Crippen molar-refractivity contribution in [2.24, 2.45) is 17.8 Å². The summed E-state index contributed by atoms with van der Waals surface area (Å²) in [5.74, 6) is -3.56. The van der Waals surface area contributed by atoms with Crippen LogP contribution in [0.2, 0.25) is 0 Å². The van der Waals surface area contributed by atoms with Crippen LogP contribution >= 0.6 is 0 Å². The van der Waals surface area contributed by atoms with Crippen molar-refractivity contribution < 1.29 is 43.2 Å². The van der Waals surface area contributed by atoms with Crippen molar-refractivity contribution >= 4 is 23.7 Å². The molecule has 3 aliphatic rings. The van der Waals surface area contributed by atoms with Crippen LogP contribution in [-0.4, -0.2) is 53.7 Å². The van der Waals surface area contributed by atoms with Crippen LogP contribution in [0.15, 0.2) is 35.3 Å². The first-order valence-electron chi connectivity index (χ1n) is 10.1. The number of ether oxygens (including phenoxy) is 4. The van der Waals surface area contributed by atoms with Gasteiger partial charge in [-0.2, -0.15) is 0 Å². The topological polar surface area (TPSA) is 125 Å². The highest BCUT2D eigenvalue weighted by molar-refractivity contribution is 6.01. The lowest BCUT2D eigenvalue weighted by molar-refractivity contribution is -0.153. The van der Waals surface area contributed by atoms with Crippen molar-refractivity contribution in [3.8, 4) is 0 Å². The van der Waals surface area contributed by atoms with E-state index in [1.54, 1.807) is 13.8 Å². The highest BCUT2D eigenvalue weighted by Gasteiger charge is 2.52. The van der Waals surface area contributed by atoms with E-state index in [9.17, 15) is 24.3 Å². The first-order chi connectivity index (χ1) is 14.5. The lowest BCUT2D eigenvalue weighted by Gasteiger charge is -2.27. The van der Waals surface area contributed by atoms with Gasteiger partial charge in [0.1, 0.15) is 30.1 Å². The molecular weight excluding hydrogens is 408 g/mol. The van der Waals surface area contributed by atoms with E-state index in [0.29, 0.717) is 11.3 Å². The van der Waals surface area contributed by atoms with E-state index in [0.717, 1.165) is 0 Å². The summed E-state index contributed by atoms with van der Waals surface area (Å²) in [6.07, 6.45) is 3.42. The molecule has 1 N–H and O–H groups in total. The van der Waals surface area contributed by atoms with E-state index < -0.39 is 41.4 Å². The number of rotatable bonds is 5. The second kappa shape index (κ2) is 8.66. The van der Waals surface area contributed by atoms with Gasteiger partial charge >= 0.3 is 17.9 Å². The van der Waals surface area contributed by atoms with Crippen molar-refractivity contribution in [1.29, 1.82) is 0 Å². The first kappa shape index (κ1) is 22.7. The van der Waals surface area contributed by atoms with Gasteiger partial charge in [0.2, 0.25) is 5.78 Å². The summed E-state index contributed by atoms with van der Waals surface area (Å²) in [5.41, 5.74) is -0.935. The minimum atomic E-state index is -1.35. The van der Waals surface area contributed by atoms with Gasteiger partial charge in [0.25, 0.3) is 0 Å². The monoisotopic (exact) mass is 434 g/mol. The maximum atomic E-state index is 12.6. The summed E-state index contributed by atoms with van der Waals surface area (Å²) in [6.45, 7) is 5.64. The van der Waals surface area contributed by atoms with Gasteiger partial charge in [-0.15, -0.1) is 0 Å². The van der Waals surface area contributed by atoms with Crippen LogP contribution < -0.4 is 0 Å². The molecule has 1 unspecified atom stereocenters. The number of aliphatic hydroxyl groups is 1. The molecule has 0 aromatic heterocycles. The number of hydrogen-bond donors (Lipinski definition) is 1. The summed E-state index contributed by atoms with van der Waals surface area (Å²) in [6, 6.07) is 0. The van der Waals surface area contributed by atoms with Crippen LogP contribution in [-0.2, 0) is 38.1 Å². The lowest BCUT2D eigenvalue weighted by Crippen LogP contribution is -2.36. The number of fused-ring (bicyclic) bond motifs is 3. The van der Waals surface area contributed by atoms with Gasteiger partial charge in [-0.1, -0.05) is 6.92 Å². The Kier molecular flexibility index (Phi) is 6.35. The molecule has 0 radical (unpaired) electrons. The summed E-state index contributed by atoms with van der Waals surface area (Å²) in [4.78, 5) is 48.9. The molecule has 3 rings (SSSR count). The summed E-state index contributed by atoms with van der Waals surface area (Å²) in [7, 11) is 0. The Morgan fingerprint density at radius 2 is 2.00 bits per heavy atom. The van der Waals surface area contributed by atoms with Crippen molar-refractivity contribution in [3.05, 3.63) is 35.3 Å². The summed E-state index contributed by atoms with van der Waals surface area (Å²) >= 11 is 0. The number of allylic oxidation sites excluding steroid dienone is 1. The molecule has 0 aromatic rings. The van der Waals surface area contributed by atoms with Crippen molar-refractivity contribution in [3.63, 3.8) is 0 Å². The molecule has 168 valence electrons. The smallest absolute Gasteiger partial charge is 0.331 e. The number of carbonyl (C=O) groups excluding carboxylic acids is 4. The Balaban J connectivity index is 2.02. The number of aliphatic hydroxyl groups excluding tert-OH is 1. The maximum absolute atomic E-state index is 12.6. The van der Waals surface area contributed by atoms with E-state index in [1.807, 2.05) is 6.92 Å². The quantitative estimate of drug-likeness (QED) is 0.388. The molecule has 0 amide bonds. The third-order valence-electron chi connectivity index (χ3n) is 5.61. The lowest BCUT2D eigenvalue weighted by atomic mass is 9.82. The van der Waals surface area contributed by atoms with Gasteiger partial charge in [0.05, 0.1) is 12.5 Å². The molecule has 2 bridgehead atoms. The maximum Gasteiger partial charge on any atom is 0.331 e. The fraction of sp³-hybridized carbons (Fsp3) is 0.545. The van der Waals surface area contributed by atoms with Crippen LogP contribution in [0.1, 0.15) is 34.1 Å². The molecule has 0 aromatic carbocycles. The molecule has 1 saturated heterocycles. The molecule has 3 aliphatic heterocycles. The molecular formula is C22H26O9. The predicted octanol–water partition coefficient (Wildman–Crippen LogP) is 1.35. The zero-order valence-electron chi connectivity index (χ0n) is 17.9. The van der Waals surface area contributed by atoms with E-state index in [-0.39, 0.29) is 37.1 Å².